The first-order chi connectivity index (χ1) is 14.3. The molecule has 2 N–H and O–H groups in total. The van der Waals surface area contributed by atoms with E-state index in [4.69, 9.17) is 4.74 Å². The van der Waals surface area contributed by atoms with Crippen LogP contribution < -0.4 is 14.8 Å². The monoisotopic (exact) mass is 440 g/mol. The van der Waals surface area contributed by atoms with Gasteiger partial charge < -0.3 is 10.1 Å². The molecule has 2 aliphatic carbocycles. The third-order valence-corrected chi connectivity index (χ3v) is 6.97. The van der Waals surface area contributed by atoms with E-state index in [-0.39, 0.29) is 29.2 Å². The van der Waals surface area contributed by atoms with E-state index in [2.05, 4.69) is 10.0 Å². The number of ketones is 1. The van der Waals surface area contributed by atoms with Gasteiger partial charge in [0.25, 0.3) is 0 Å². The molecule has 168 valence electrons. The molecule has 0 saturated heterocycles. The van der Waals surface area contributed by atoms with Crippen molar-refractivity contribution in [2.45, 2.75) is 57.9 Å². The zero-order valence-electron chi connectivity index (χ0n) is 17.7. The van der Waals surface area contributed by atoms with E-state index in [0.29, 0.717) is 32.0 Å². The smallest absolute Gasteiger partial charge is 0.212 e. The van der Waals surface area contributed by atoms with Crippen LogP contribution in [-0.4, -0.2) is 39.7 Å². The predicted molar refractivity (Wildman–Crippen MR) is 114 cm³/mol. The Hall–Kier alpha value is -1.51. The summed E-state index contributed by atoms with van der Waals surface area (Å²) >= 11 is 0. The number of nitrogens with one attached hydrogen (secondary N) is 2. The van der Waals surface area contributed by atoms with E-state index in [1.165, 1.54) is 13.0 Å². The van der Waals surface area contributed by atoms with Gasteiger partial charge in [-0.3, -0.25) is 4.79 Å². The second-order valence-corrected chi connectivity index (χ2v) is 10.5. The van der Waals surface area contributed by atoms with Crippen LogP contribution in [0.25, 0.3) is 0 Å². The van der Waals surface area contributed by atoms with Crippen molar-refractivity contribution in [1.29, 1.82) is 0 Å². The van der Waals surface area contributed by atoms with Gasteiger partial charge in [0.2, 0.25) is 10.0 Å². The molecule has 1 atom stereocenters. The van der Waals surface area contributed by atoms with Crippen LogP contribution in [0.4, 0.5) is 4.39 Å². The highest BCUT2D eigenvalue weighted by Crippen LogP contribution is 2.42. The maximum Gasteiger partial charge on any atom is 0.212 e. The minimum atomic E-state index is -3.44. The average Bonchev–Trinajstić information content (AvgIpc) is 3.59. The number of rotatable bonds is 15. The van der Waals surface area contributed by atoms with E-state index in [1.54, 1.807) is 12.1 Å². The van der Waals surface area contributed by atoms with Crippen molar-refractivity contribution < 1.29 is 22.3 Å². The Balaban J connectivity index is 1.50. The molecule has 30 heavy (non-hydrogen) atoms. The third kappa shape index (κ3) is 7.96. The maximum absolute atomic E-state index is 14.1. The molecule has 1 aromatic carbocycles. The molecule has 2 aliphatic rings. The van der Waals surface area contributed by atoms with E-state index in [9.17, 15) is 17.6 Å². The summed E-state index contributed by atoms with van der Waals surface area (Å²) in [5.74, 6) is 0.725. The second-order valence-electron chi connectivity index (χ2n) is 8.64. The number of hydrogen-bond donors (Lipinski definition) is 2. The first kappa shape index (κ1) is 23.2. The van der Waals surface area contributed by atoms with Crippen LogP contribution in [-0.2, 0) is 14.8 Å². The SMILES string of the molecule is CC(=O)CNCCCCCS(=O)(=O)NC(c1ccc(F)c(OCC2CC2)c1)C1CC1. The number of carbonyl (C=O) groups is 1. The van der Waals surface area contributed by atoms with Crippen LogP contribution in [0.3, 0.4) is 0 Å². The van der Waals surface area contributed by atoms with Gasteiger partial charge in [-0.1, -0.05) is 12.5 Å². The minimum absolute atomic E-state index is 0.0646. The molecule has 3 rings (SSSR count). The normalized spacial score (nSPS) is 17.7. The summed E-state index contributed by atoms with van der Waals surface area (Å²) in [6.07, 6.45) is 6.34. The van der Waals surface area contributed by atoms with Crippen LogP contribution in [0, 0.1) is 17.7 Å². The molecule has 1 aromatic rings. The number of unbranched alkanes of at least 4 members (excludes halogenated alkanes) is 2. The molecular weight excluding hydrogens is 407 g/mol. The molecule has 2 saturated carbocycles. The van der Waals surface area contributed by atoms with Crippen LogP contribution in [0.5, 0.6) is 5.75 Å². The van der Waals surface area contributed by atoms with E-state index < -0.39 is 15.8 Å². The third-order valence-electron chi connectivity index (χ3n) is 5.53. The zero-order chi connectivity index (χ0) is 21.6. The van der Waals surface area contributed by atoms with Crippen LogP contribution in [0.1, 0.15) is 63.5 Å². The lowest BCUT2D eigenvalue weighted by molar-refractivity contribution is -0.116. The van der Waals surface area contributed by atoms with Crippen LogP contribution >= 0.6 is 0 Å². The Morgan fingerprint density at radius 3 is 2.63 bits per heavy atom. The van der Waals surface area contributed by atoms with Gasteiger partial charge in [-0.2, -0.15) is 0 Å². The lowest BCUT2D eigenvalue weighted by Gasteiger charge is -2.20. The molecule has 0 heterocycles. The highest BCUT2D eigenvalue weighted by Gasteiger charge is 2.35. The number of carbonyl (C=O) groups excluding carboxylic acids is 1. The fraction of sp³-hybridized carbons (Fsp3) is 0.682. The topological polar surface area (TPSA) is 84.5 Å². The van der Waals surface area contributed by atoms with E-state index in [1.807, 2.05) is 0 Å². The predicted octanol–water partition coefficient (Wildman–Crippen LogP) is 3.33. The summed E-state index contributed by atoms with van der Waals surface area (Å²) in [4.78, 5) is 10.9. The van der Waals surface area contributed by atoms with Gasteiger partial charge in [0.15, 0.2) is 11.6 Å². The van der Waals surface area contributed by atoms with Crippen molar-refractivity contribution in [3.05, 3.63) is 29.6 Å². The van der Waals surface area contributed by atoms with Crippen molar-refractivity contribution in [2.75, 3.05) is 25.4 Å². The largest absolute Gasteiger partial charge is 0.490 e. The first-order valence-electron chi connectivity index (χ1n) is 11.0. The number of Topliss-reactive ketones (excluding diaryl/α,β-unsaturated/α-hetero) is 1. The van der Waals surface area contributed by atoms with E-state index in [0.717, 1.165) is 44.1 Å². The summed E-state index contributed by atoms with van der Waals surface area (Å²) in [6.45, 7) is 3.11. The summed E-state index contributed by atoms with van der Waals surface area (Å²) in [5, 5.41) is 3.03. The Bertz CT molecular complexity index is 822. The fourth-order valence-corrected chi connectivity index (χ4v) is 4.84. The van der Waals surface area contributed by atoms with Gasteiger partial charge in [0, 0.05) is 6.04 Å². The van der Waals surface area contributed by atoms with Crippen molar-refractivity contribution in [1.82, 2.24) is 10.0 Å². The molecule has 0 aliphatic heterocycles. The molecule has 8 heteroatoms. The number of ether oxygens (including phenoxy) is 1. The highest BCUT2D eigenvalue weighted by molar-refractivity contribution is 7.89. The molecule has 0 radical (unpaired) electrons. The Morgan fingerprint density at radius 1 is 1.20 bits per heavy atom. The van der Waals surface area contributed by atoms with Crippen molar-refractivity contribution >= 4 is 15.8 Å². The van der Waals surface area contributed by atoms with Gasteiger partial charge in [-0.15, -0.1) is 0 Å². The molecule has 0 spiro atoms. The van der Waals surface area contributed by atoms with Crippen molar-refractivity contribution in [2.24, 2.45) is 11.8 Å². The Kier molecular flexibility index (Phi) is 8.25. The summed E-state index contributed by atoms with van der Waals surface area (Å²) in [6, 6.07) is 4.35. The van der Waals surface area contributed by atoms with Crippen molar-refractivity contribution in [3.8, 4) is 5.75 Å². The Morgan fingerprint density at radius 2 is 1.97 bits per heavy atom. The van der Waals surface area contributed by atoms with Gasteiger partial charge in [-0.25, -0.2) is 17.5 Å². The van der Waals surface area contributed by atoms with Crippen molar-refractivity contribution in [3.63, 3.8) is 0 Å². The average molecular weight is 441 g/mol. The lowest BCUT2D eigenvalue weighted by atomic mass is 10.0. The highest BCUT2D eigenvalue weighted by atomic mass is 32.2. The maximum atomic E-state index is 14.1. The number of benzene rings is 1. The standard InChI is InChI=1S/C22H33FN2O4S/c1-16(26)14-24-11-3-2-4-12-30(27,28)25-22(18-7-8-18)19-9-10-20(23)21(13-19)29-15-17-5-6-17/h9-10,13,17-18,22,24-25H,2-8,11-12,14-15H2,1H3. The molecule has 0 amide bonds. The number of halogens is 1. The van der Waals surface area contributed by atoms with Gasteiger partial charge in [0.1, 0.15) is 5.78 Å². The first-order valence-corrected chi connectivity index (χ1v) is 12.6. The number of hydrogen-bond acceptors (Lipinski definition) is 5. The van der Waals surface area contributed by atoms with Crippen LogP contribution in [0.15, 0.2) is 18.2 Å². The number of sulfonamides is 1. The van der Waals surface area contributed by atoms with E-state index >= 15 is 0 Å². The van der Waals surface area contributed by atoms with Gasteiger partial charge >= 0.3 is 0 Å². The quantitative estimate of drug-likeness (QED) is 0.409. The molecule has 2 fully saturated rings. The lowest BCUT2D eigenvalue weighted by Crippen LogP contribution is -2.32. The zero-order valence-corrected chi connectivity index (χ0v) is 18.5. The fourth-order valence-electron chi connectivity index (χ4n) is 3.42. The van der Waals surface area contributed by atoms with Gasteiger partial charge in [0.05, 0.1) is 18.9 Å². The molecule has 6 nitrogen and oxygen atoms in total. The Labute approximate surface area is 179 Å². The second kappa shape index (κ2) is 10.7. The minimum Gasteiger partial charge on any atom is -0.490 e. The molecule has 0 aromatic heterocycles. The summed E-state index contributed by atoms with van der Waals surface area (Å²) in [7, 11) is -3.44. The molecule has 0 bridgehead atoms. The van der Waals surface area contributed by atoms with Crippen LogP contribution in [0.2, 0.25) is 0 Å². The molecular formula is C22H33FN2O4S. The summed E-state index contributed by atoms with van der Waals surface area (Å²) < 4.78 is 47.8. The molecule has 1 unspecified atom stereocenters. The van der Waals surface area contributed by atoms with Gasteiger partial charge in [-0.05, 0) is 81.5 Å². The summed E-state index contributed by atoms with van der Waals surface area (Å²) in [5.41, 5.74) is 0.765.